The summed E-state index contributed by atoms with van der Waals surface area (Å²) in [7, 11) is 1.56. The Morgan fingerprint density at radius 1 is 1.30 bits per heavy atom. The van der Waals surface area contributed by atoms with Crippen LogP contribution in [0, 0.1) is 0 Å². The van der Waals surface area contributed by atoms with Crippen molar-refractivity contribution in [1.29, 1.82) is 0 Å². The van der Waals surface area contributed by atoms with Crippen LogP contribution in [0.3, 0.4) is 0 Å². The highest BCUT2D eigenvalue weighted by molar-refractivity contribution is 5.78. The minimum atomic E-state index is -4.39. The Hall–Kier alpha value is -1.76. The van der Waals surface area contributed by atoms with Crippen LogP contribution in [0.15, 0.2) is 24.3 Å². The van der Waals surface area contributed by atoms with Crippen molar-refractivity contribution < 1.29 is 22.7 Å². The summed E-state index contributed by atoms with van der Waals surface area (Å²) in [6, 6.07) is 7.04. The van der Waals surface area contributed by atoms with Gasteiger partial charge in [0, 0.05) is 6.04 Å². The van der Waals surface area contributed by atoms with Gasteiger partial charge in [-0.15, -0.1) is 0 Å². The molecule has 112 valence electrons. The zero-order valence-electron chi connectivity index (χ0n) is 11.3. The number of carbonyl (C=O) groups is 1. The molecule has 0 radical (unpaired) electrons. The number of benzene rings is 1. The van der Waals surface area contributed by atoms with Crippen molar-refractivity contribution in [3.05, 3.63) is 29.8 Å². The summed E-state index contributed by atoms with van der Waals surface area (Å²) < 4.78 is 40.7. The van der Waals surface area contributed by atoms with E-state index in [0.29, 0.717) is 5.75 Å². The van der Waals surface area contributed by atoms with Crippen LogP contribution in [0.1, 0.15) is 18.5 Å². The number of methoxy groups -OCH3 is 1. The average molecular weight is 290 g/mol. The summed E-state index contributed by atoms with van der Waals surface area (Å²) in [6.45, 7) is 0.326. The Morgan fingerprint density at radius 3 is 2.40 bits per heavy atom. The summed E-state index contributed by atoms with van der Waals surface area (Å²) in [6.07, 6.45) is -4.39. The molecule has 0 fully saturated rings. The van der Waals surface area contributed by atoms with Crippen molar-refractivity contribution in [2.45, 2.75) is 19.1 Å². The fourth-order valence-corrected chi connectivity index (χ4v) is 1.52. The van der Waals surface area contributed by atoms with Gasteiger partial charge >= 0.3 is 6.18 Å². The first-order chi connectivity index (χ1) is 9.31. The Kier molecular flexibility index (Phi) is 5.82. The number of carbonyl (C=O) groups excluding carboxylic acids is 1. The van der Waals surface area contributed by atoms with E-state index in [1.54, 1.807) is 24.6 Å². The van der Waals surface area contributed by atoms with Gasteiger partial charge in [0.15, 0.2) is 0 Å². The molecule has 0 aromatic heterocycles. The van der Waals surface area contributed by atoms with E-state index in [2.05, 4.69) is 5.32 Å². The maximum Gasteiger partial charge on any atom is 0.405 e. The predicted molar refractivity (Wildman–Crippen MR) is 68.5 cm³/mol. The summed E-state index contributed by atoms with van der Waals surface area (Å²) in [5, 5.41) is 4.65. The van der Waals surface area contributed by atoms with Crippen LogP contribution in [0.4, 0.5) is 13.2 Å². The number of alkyl halides is 3. The minimum Gasteiger partial charge on any atom is -0.497 e. The molecule has 1 amide bonds. The predicted octanol–water partition coefficient (Wildman–Crippen LogP) is 2.02. The van der Waals surface area contributed by atoms with E-state index in [0.717, 1.165) is 5.56 Å². The quantitative estimate of drug-likeness (QED) is 0.843. The summed E-state index contributed by atoms with van der Waals surface area (Å²) in [5.74, 6) is 0.0200. The van der Waals surface area contributed by atoms with E-state index >= 15 is 0 Å². The largest absolute Gasteiger partial charge is 0.497 e. The van der Waals surface area contributed by atoms with Crippen molar-refractivity contribution in [2.24, 2.45) is 0 Å². The molecule has 7 heteroatoms. The second-order valence-electron chi connectivity index (χ2n) is 4.27. The molecule has 0 aliphatic heterocycles. The monoisotopic (exact) mass is 290 g/mol. The lowest BCUT2D eigenvalue weighted by atomic mass is 10.1. The lowest BCUT2D eigenvalue weighted by Gasteiger charge is -2.15. The SMILES string of the molecule is COc1ccc([C@H](C)NCC(=O)NCC(F)(F)F)cc1. The van der Waals surface area contributed by atoms with Gasteiger partial charge in [-0.3, -0.25) is 4.79 Å². The molecule has 0 bridgehead atoms. The van der Waals surface area contributed by atoms with Gasteiger partial charge in [0.2, 0.25) is 5.91 Å². The van der Waals surface area contributed by atoms with Crippen molar-refractivity contribution in [2.75, 3.05) is 20.2 Å². The molecule has 2 N–H and O–H groups in total. The first-order valence-corrected chi connectivity index (χ1v) is 6.02. The number of nitrogens with one attached hydrogen (secondary N) is 2. The van der Waals surface area contributed by atoms with Gasteiger partial charge in [0.25, 0.3) is 0 Å². The van der Waals surface area contributed by atoms with Crippen LogP contribution < -0.4 is 15.4 Å². The third kappa shape index (κ3) is 5.92. The van der Waals surface area contributed by atoms with Gasteiger partial charge in [-0.2, -0.15) is 13.2 Å². The zero-order valence-corrected chi connectivity index (χ0v) is 11.3. The average Bonchev–Trinajstić information content (AvgIpc) is 2.41. The van der Waals surface area contributed by atoms with Crippen LogP contribution in [-0.4, -0.2) is 32.3 Å². The fourth-order valence-electron chi connectivity index (χ4n) is 1.52. The Bertz CT molecular complexity index is 432. The van der Waals surface area contributed by atoms with Crippen LogP contribution in [0.2, 0.25) is 0 Å². The second kappa shape index (κ2) is 7.14. The first kappa shape index (κ1) is 16.3. The van der Waals surface area contributed by atoms with Gasteiger partial charge in [0.1, 0.15) is 12.3 Å². The van der Waals surface area contributed by atoms with Gasteiger partial charge in [0.05, 0.1) is 13.7 Å². The third-order valence-corrected chi connectivity index (χ3v) is 2.67. The number of halogens is 3. The minimum absolute atomic E-state index is 0.155. The molecule has 20 heavy (non-hydrogen) atoms. The van der Waals surface area contributed by atoms with Gasteiger partial charge < -0.3 is 15.4 Å². The van der Waals surface area contributed by atoms with Gasteiger partial charge in [-0.05, 0) is 24.6 Å². The lowest BCUT2D eigenvalue weighted by molar-refractivity contribution is -0.137. The molecule has 0 heterocycles. The summed E-state index contributed by atoms with van der Waals surface area (Å²) in [4.78, 5) is 11.2. The molecule has 0 aliphatic rings. The summed E-state index contributed by atoms with van der Waals surface area (Å²) in [5.41, 5.74) is 0.912. The highest BCUT2D eigenvalue weighted by Crippen LogP contribution is 2.17. The van der Waals surface area contributed by atoms with E-state index in [1.165, 1.54) is 0 Å². The topological polar surface area (TPSA) is 50.4 Å². The summed E-state index contributed by atoms with van der Waals surface area (Å²) >= 11 is 0. The Balaban J connectivity index is 2.38. The molecule has 0 saturated carbocycles. The maximum absolute atomic E-state index is 11.9. The Labute approximate surface area is 115 Å². The first-order valence-electron chi connectivity index (χ1n) is 6.02. The number of hydrogen-bond donors (Lipinski definition) is 2. The van der Waals surface area contributed by atoms with E-state index < -0.39 is 18.6 Å². The van der Waals surface area contributed by atoms with Crippen LogP contribution >= 0.6 is 0 Å². The van der Waals surface area contributed by atoms with E-state index in [9.17, 15) is 18.0 Å². The molecule has 1 rings (SSSR count). The van der Waals surface area contributed by atoms with Crippen molar-refractivity contribution >= 4 is 5.91 Å². The van der Waals surface area contributed by atoms with Crippen molar-refractivity contribution in [3.8, 4) is 5.75 Å². The molecule has 1 aromatic rings. The molecule has 0 aliphatic carbocycles. The van der Waals surface area contributed by atoms with Crippen molar-refractivity contribution in [3.63, 3.8) is 0 Å². The lowest BCUT2D eigenvalue weighted by Crippen LogP contribution is -2.39. The highest BCUT2D eigenvalue weighted by atomic mass is 19.4. The molecular formula is C13H17F3N2O2. The van der Waals surface area contributed by atoms with Gasteiger partial charge in [-0.1, -0.05) is 12.1 Å². The van der Waals surface area contributed by atoms with Crippen LogP contribution in [0.5, 0.6) is 5.75 Å². The van der Waals surface area contributed by atoms with E-state index in [4.69, 9.17) is 4.74 Å². The molecule has 4 nitrogen and oxygen atoms in total. The normalized spacial score (nSPS) is 12.8. The molecule has 0 unspecified atom stereocenters. The van der Waals surface area contributed by atoms with Gasteiger partial charge in [-0.25, -0.2) is 0 Å². The van der Waals surface area contributed by atoms with Crippen LogP contribution in [0.25, 0.3) is 0 Å². The zero-order chi connectivity index (χ0) is 15.2. The molecule has 1 atom stereocenters. The standard InChI is InChI=1S/C13H17F3N2O2/c1-9(10-3-5-11(20-2)6-4-10)17-7-12(19)18-8-13(14,15)16/h3-6,9,17H,7-8H2,1-2H3,(H,18,19)/t9-/m0/s1. The number of ether oxygens (including phenoxy) is 1. The van der Waals surface area contributed by atoms with E-state index in [1.807, 2.05) is 19.1 Å². The highest BCUT2D eigenvalue weighted by Gasteiger charge is 2.27. The Morgan fingerprint density at radius 2 is 1.90 bits per heavy atom. The maximum atomic E-state index is 11.9. The second-order valence-corrected chi connectivity index (χ2v) is 4.27. The number of hydrogen-bond acceptors (Lipinski definition) is 3. The smallest absolute Gasteiger partial charge is 0.405 e. The number of amides is 1. The van der Waals surface area contributed by atoms with E-state index in [-0.39, 0.29) is 12.6 Å². The van der Waals surface area contributed by atoms with Crippen molar-refractivity contribution in [1.82, 2.24) is 10.6 Å². The number of rotatable bonds is 6. The molecule has 1 aromatic carbocycles. The van der Waals surface area contributed by atoms with Crippen LogP contribution in [-0.2, 0) is 4.79 Å². The third-order valence-electron chi connectivity index (χ3n) is 2.67. The molecule has 0 spiro atoms. The molecule has 0 saturated heterocycles. The molecular weight excluding hydrogens is 273 g/mol. The fraction of sp³-hybridized carbons (Fsp3) is 0.462.